The summed E-state index contributed by atoms with van der Waals surface area (Å²) >= 11 is 0. The molecule has 0 saturated carbocycles. The van der Waals surface area contributed by atoms with Crippen molar-refractivity contribution in [1.29, 1.82) is 0 Å². The quantitative estimate of drug-likeness (QED) is 0.725. The second-order valence-electron chi connectivity index (χ2n) is 6.19. The zero-order valence-corrected chi connectivity index (χ0v) is 13.4. The average molecular weight is 301 g/mol. The van der Waals surface area contributed by atoms with E-state index >= 15 is 0 Å². The van der Waals surface area contributed by atoms with Gasteiger partial charge in [-0.3, -0.25) is 0 Å². The molecule has 3 heteroatoms. The van der Waals surface area contributed by atoms with Crippen LogP contribution in [0.1, 0.15) is 32.3 Å². The van der Waals surface area contributed by atoms with Crippen LogP contribution in [0.25, 0.3) is 0 Å². The van der Waals surface area contributed by atoms with E-state index in [0.717, 1.165) is 18.4 Å². The van der Waals surface area contributed by atoms with Gasteiger partial charge in [0.15, 0.2) is 0 Å². The zero-order valence-electron chi connectivity index (χ0n) is 13.4. The maximum absolute atomic E-state index is 10.4. The molecular formula is C19H27NO2. The van der Waals surface area contributed by atoms with E-state index in [4.69, 9.17) is 0 Å². The van der Waals surface area contributed by atoms with Crippen molar-refractivity contribution >= 4 is 0 Å². The van der Waals surface area contributed by atoms with Crippen molar-refractivity contribution in [2.24, 2.45) is 0 Å². The Morgan fingerprint density at radius 2 is 1.95 bits per heavy atom. The number of aliphatic hydroxyl groups excluding tert-OH is 2. The molecule has 2 rings (SSSR count). The topological polar surface area (TPSA) is 52.5 Å². The molecule has 3 N–H and O–H groups in total. The largest absolute Gasteiger partial charge is 0.389 e. The number of aryl methyl sites for hydroxylation is 1. The molecule has 0 saturated heterocycles. The number of nitrogens with one attached hydrogen (secondary N) is 1. The van der Waals surface area contributed by atoms with E-state index in [-0.39, 0.29) is 6.04 Å². The van der Waals surface area contributed by atoms with Crippen molar-refractivity contribution in [2.75, 3.05) is 0 Å². The second-order valence-corrected chi connectivity index (χ2v) is 6.19. The minimum atomic E-state index is -0.539. The van der Waals surface area contributed by atoms with Crippen LogP contribution in [0.15, 0.2) is 54.1 Å². The van der Waals surface area contributed by atoms with Gasteiger partial charge in [0.05, 0.1) is 12.2 Å². The third-order valence-electron chi connectivity index (χ3n) is 4.18. The SMILES string of the molecule is C[C@H](CCc1ccccc1)N[C@@H](C)[C@H](O)C1=CCC(O)C=C1. The van der Waals surface area contributed by atoms with Crippen molar-refractivity contribution in [1.82, 2.24) is 5.32 Å². The molecule has 0 aromatic heterocycles. The maximum Gasteiger partial charge on any atom is 0.0937 e. The molecule has 1 aliphatic carbocycles. The summed E-state index contributed by atoms with van der Waals surface area (Å²) in [6.07, 6.45) is 7.19. The summed E-state index contributed by atoms with van der Waals surface area (Å²) < 4.78 is 0. The summed E-state index contributed by atoms with van der Waals surface area (Å²) in [5.74, 6) is 0. The minimum Gasteiger partial charge on any atom is -0.389 e. The van der Waals surface area contributed by atoms with Crippen LogP contribution in [-0.4, -0.2) is 34.5 Å². The third-order valence-corrected chi connectivity index (χ3v) is 4.18. The summed E-state index contributed by atoms with van der Waals surface area (Å²) in [4.78, 5) is 0. The molecule has 0 amide bonds. The van der Waals surface area contributed by atoms with E-state index in [1.807, 2.05) is 25.1 Å². The molecule has 0 fully saturated rings. The summed E-state index contributed by atoms with van der Waals surface area (Å²) in [7, 11) is 0. The van der Waals surface area contributed by atoms with E-state index in [1.165, 1.54) is 5.56 Å². The lowest BCUT2D eigenvalue weighted by atomic mass is 9.96. The molecule has 0 heterocycles. The fourth-order valence-corrected chi connectivity index (χ4v) is 2.78. The Morgan fingerprint density at radius 3 is 2.59 bits per heavy atom. The first-order valence-electron chi connectivity index (χ1n) is 8.10. The Kier molecular flexibility index (Phi) is 6.37. The number of aliphatic hydroxyl groups is 2. The van der Waals surface area contributed by atoms with Crippen LogP contribution in [0.4, 0.5) is 0 Å². The molecule has 0 bridgehead atoms. The summed E-state index contributed by atoms with van der Waals surface area (Å²) in [5.41, 5.74) is 2.23. The lowest BCUT2D eigenvalue weighted by molar-refractivity contribution is 0.161. The van der Waals surface area contributed by atoms with Crippen molar-refractivity contribution in [2.45, 2.75) is 57.4 Å². The van der Waals surface area contributed by atoms with Gasteiger partial charge in [0, 0.05) is 12.1 Å². The summed E-state index contributed by atoms with van der Waals surface area (Å²) in [5, 5.41) is 23.3. The fourth-order valence-electron chi connectivity index (χ4n) is 2.78. The molecular weight excluding hydrogens is 274 g/mol. The highest BCUT2D eigenvalue weighted by atomic mass is 16.3. The van der Waals surface area contributed by atoms with Gasteiger partial charge in [-0.25, -0.2) is 0 Å². The van der Waals surface area contributed by atoms with E-state index < -0.39 is 12.2 Å². The zero-order chi connectivity index (χ0) is 15.9. The van der Waals surface area contributed by atoms with Crippen molar-refractivity contribution in [3.63, 3.8) is 0 Å². The highest BCUT2D eigenvalue weighted by molar-refractivity contribution is 5.29. The number of rotatable bonds is 7. The molecule has 1 aromatic rings. The average Bonchev–Trinajstić information content (AvgIpc) is 2.54. The second kappa shape index (κ2) is 8.28. The molecule has 4 atom stereocenters. The Balaban J connectivity index is 1.78. The number of hydrogen-bond acceptors (Lipinski definition) is 3. The molecule has 0 spiro atoms. The first kappa shape index (κ1) is 16.9. The van der Waals surface area contributed by atoms with E-state index in [0.29, 0.717) is 12.5 Å². The first-order valence-corrected chi connectivity index (χ1v) is 8.10. The van der Waals surface area contributed by atoms with Gasteiger partial charge in [-0.1, -0.05) is 48.6 Å². The van der Waals surface area contributed by atoms with Crippen molar-refractivity contribution in [3.8, 4) is 0 Å². The minimum absolute atomic E-state index is 0.0167. The highest BCUT2D eigenvalue weighted by Gasteiger charge is 2.20. The van der Waals surface area contributed by atoms with Crippen LogP contribution < -0.4 is 5.32 Å². The maximum atomic E-state index is 10.4. The molecule has 1 aliphatic rings. The van der Waals surface area contributed by atoms with Crippen LogP contribution in [0.2, 0.25) is 0 Å². The van der Waals surface area contributed by atoms with Gasteiger partial charge in [0.25, 0.3) is 0 Å². The van der Waals surface area contributed by atoms with E-state index in [1.54, 1.807) is 6.08 Å². The predicted molar refractivity (Wildman–Crippen MR) is 90.7 cm³/mol. The first-order chi connectivity index (χ1) is 10.6. The monoisotopic (exact) mass is 301 g/mol. The van der Waals surface area contributed by atoms with Crippen LogP contribution >= 0.6 is 0 Å². The molecule has 0 radical (unpaired) electrons. The van der Waals surface area contributed by atoms with Crippen molar-refractivity contribution in [3.05, 3.63) is 59.7 Å². The van der Waals surface area contributed by atoms with Gasteiger partial charge < -0.3 is 15.5 Å². The predicted octanol–water partition coefficient (Wildman–Crippen LogP) is 2.59. The lowest BCUT2D eigenvalue weighted by Crippen LogP contribution is -2.43. The van der Waals surface area contributed by atoms with Gasteiger partial charge in [-0.15, -0.1) is 0 Å². The van der Waals surface area contributed by atoms with Gasteiger partial charge in [0.1, 0.15) is 0 Å². The van der Waals surface area contributed by atoms with Crippen molar-refractivity contribution < 1.29 is 10.2 Å². The van der Waals surface area contributed by atoms with E-state index in [9.17, 15) is 10.2 Å². The Bertz CT molecular complexity index is 509. The molecule has 120 valence electrons. The van der Waals surface area contributed by atoms with E-state index in [2.05, 4.69) is 36.5 Å². The molecule has 0 aliphatic heterocycles. The molecule has 1 aromatic carbocycles. The van der Waals surface area contributed by atoms with Gasteiger partial charge in [-0.05, 0) is 44.2 Å². The van der Waals surface area contributed by atoms with Crippen LogP contribution in [0.5, 0.6) is 0 Å². The molecule has 1 unspecified atom stereocenters. The lowest BCUT2D eigenvalue weighted by Gasteiger charge is -2.26. The molecule has 22 heavy (non-hydrogen) atoms. The Hall–Kier alpha value is -1.42. The Labute approximate surface area is 133 Å². The number of hydrogen-bond donors (Lipinski definition) is 3. The van der Waals surface area contributed by atoms with Crippen LogP contribution in [0.3, 0.4) is 0 Å². The standard InChI is InChI=1S/C19H27NO2/c1-14(8-9-16-6-4-3-5-7-16)20-15(2)19(22)17-10-12-18(21)13-11-17/h3-7,10-12,14-15,18-22H,8-9,13H2,1-2H3/t14-,15+,18?,19+/m1/s1. The third kappa shape index (κ3) is 5.09. The normalized spacial score (nSPS) is 22.0. The number of benzene rings is 1. The van der Waals surface area contributed by atoms with Gasteiger partial charge >= 0.3 is 0 Å². The van der Waals surface area contributed by atoms with Gasteiger partial charge in [-0.2, -0.15) is 0 Å². The van der Waals surface area contributed by atoms with Crippen LogP contribution in [0, 0.1) is 0 Å². The summed E-state index contributed by atoms with van der Waals surface area (Å²) in [6.45, 7) is 4.16. The van der Waals surface area contributed by atoms with Crippen LogP contribution in [-0.2, 0) is 6.42 Å². The fraction of sp³-hybridized carbons (Fsp3) is 0.474. The Morgan fingerprint density at radius 1 is 1.23 bits per heavy atom. The van der Waals surface area contributed by atoms with Gasteiger partial charge in [0.2, 0.25) is 0 Å². The molecule has 3 nitrogen and oxygen atoms in total. The highest BCUT2D eigenvalue weighted by Crippen LogP contribution is 2.17. The smallest absolute Gasteiger partial charge is 0.0937 e. The summed E-state index contributed by atoms with van der Waals surface area (Å²) in [6, 6.07) is 10.8.